The summed E-state index contributed by atoms with van der Waals surface area (Å²) in [5.41, 5.74) is 5.65. The van der Waals surface area contributed by atoms with Crippen LogP contribution in [0.3, 0.4) is 0 Å². The number of ketones is 1. The number of rotatable bonds is 8. The van der Waals surface area contributed by atoms with E-state index in [0.29, 0.717) is 23.2 Å². The standard InChI is InChI=1S/C32H26F2N2O3/c1-19(37)21-4-6-22(7-5-21)28-3-2-12-35-32(28)30(15-20-13-25(33)17-26(34)14-20)36-31(39)16-24-9-8-23-10-11-27(38)18-29(23)24/h2-7,9-14,17-18,30,38H,8,15-16H2,1H3,(H,36,39)/t30-/m0/s1. The molecular weight excluding hydrogens is 498 g/mol. The molecule has 0 saturated carbocycles. The van der Waals surface area contributed by atoms with Gasteiger partial charge < -0.3 is 10.4 Å². The summed E-state index contributed by atoms with van der Waals surface area (Å²) in [5, 5.41) is 13.0. The number of halogens is 2. The topological polar surface area (TPSA) is 79.3 Å². The number of allylic oxidation sites excluding steroid dienone is 1. The minimum Gasteiger partial charge on any atom is -0.508 e. The lowest BCUT2D eigenvalue weighted by molar-refractivity contribution is -0.120. The number of phenolic OH excluding ortho intramolecular Hbond substituents is 1. The molecule has 0 aliphatic heterocycles. The largest absolute Gasteiger partial charge is 0.508 e. The SMILES string of the molecule is CC(=O)c1ccc(-c2cccnc2[C@H](Cc2cc(F)cc(F)c2)NC(=O)CC2=CCc3ccc(O)cc32)cc1. The first-order chi connectivity index (χ1) is 18.8. The second-order valence-electron chi connectivity index (χ2n) is 9.62. The van der Waals surface area contributed by atoms with Crippen LogP contribution in [-0.4, -0.2) is 21.8 Å². The zero-order chi connectivity index (χ0) is 27.5. The molecule has 4 aromatic rings. The second-order valence-corrected chi connectivity index (χ2v) is 9.62. The number of nitrogens with zero attached hydrogens (tertiary/aromatic N) is 1. The lowest BCUT2D eigenvalue weighted by Crippen LogP contribution is -2.31. The number of pyridine rings is 1. The Bertz CT molecular complexity index is 1580. The third-order valence-electron chi connectivity index (χ3n) is 6.83. The summed E-state index contributed by atoms with van der Waals surface area (Å²) in [5.74, 6) is -1.63. The fourth-order valence-corrected chi connectivity index (χ4v) is 4.97. The van der Waals surface area contributed by atoms with Crippen LogP contribution in [0.2, 0.25) is 0 Å². The number of hydrogen-bond donors (Lipinski definition) is 2. The van der Waals surface area contributed by atoms with E-state index in [4.69, 9.17) is 0 Å². The molecule has 39 heavy (non-hydrogen) atoms. The van der Waals surface area contributed by atoms with E-state index in [1.54, 1.807) is 36.5 Å². The fourth-order valence-electron chi connectivity index (χ4n) is 4.97. The Hall–Kier alpha value is -4.65. The van der Waals surface area contributed by atoms with Crippen molar-refractivity contribution in [1.29, 1.82) is 0 Å². The third kappa shape index (κ3) is 5.93. The van der Waals surface area contributed by atoms with E-state index in [2.05, 4.69) is 10.3 Å². The quantitative estimate of drug-likeness (QED) is 0.263. The number of amides is 1. The van der Waals surface area contributed by atoms with Crippen molar-refractivity contribution in [3.63, 3.8) is 0 Å². The van der Waals surface area contributed by atoms with Gasteiger partial charge in [0.1, 0.15) is 17.4 Å². The summed E-state index contributed by atoms with van der Waals surface area (Å²) in [6, 6.07) is 18.4. The fraction of sp³-hybridized carbons (Fsp3) is 0.156. The number of aromatic hydroxyl groups is 1. The van der Waals surface area contributed by atoms with Crippen LogP contribution >= 0.6 is 0 Å². The van der Waals surface area contributed by atoms with Gasteiger partial charge in [-0.05, 0) is 77.9 Å². The van der Waals surface area contributed by atoms with Crippen LogP contribution in [0, 0.1) is 11.6 Å². The molecule has 1 amide bonds. The molecule has 0 bridgehead atoms. The molecule has 0 spiro atoms. The first kappa shape index (κ1) is 26.0. The van der Waals surface area contributed by atoms with E-state index >= 15 is 0 Å². The van der Waals surface area contributed by atoms with Gasteiger partial charge >= 0.3 is 0 Å². The summed E-state index contributed by atoms with van der Waals surface area (Å²) in [4.78, 5) is 29.7. The lowest BCUT2D eigenvalue weighted by atomic mass is 9.94. The highest BCUT2D eigenvalue weighted by molar-refractivity contribution is 5.94. The van der Waals surface area contributed by atoms with Gasteiger partial charge in [-0.1, -0.05) is 42.5 Å². The van der Waals surface area contributed by atoms with Gasteiger partial charge in [-0.15, -0.1) is 0 Å². The summed E-state index contributed by atoms with van der Waals surface area (Å²) in [6.45, 7) is 1.49. The number of carbonyl (C=O) groups excluding carboxylic acids is 2. The van der Waals surface area contributed by atoms with Crippen molar-refractivity contribution in [3.05, 3.63) is 125 Å². The maximum Gasteiger partial charge on any atom is 0.224 e. The first-order valence-corrected chi connectivity index (χ1v) is 12.6. The summed E-state index contributed by atoms with van der Waals surface area (Å²) in [7, 11) is 0. The molecule has 1 aliphatic carbocycles. The molecule has 3 aromatic carbocycles. The monoisotopic (exact) mass is 524 g/mol. The van der Waals surface area contributed by atoms with E-state index < -0.39 is 17.7 Å². The molecule has 0 radical (unpaired) electrons. The van der Waals surface area contributed by atoms with Gasteiger partial charge in [0.15, 0.2) is 5.78 Å². The highest BCUT2D eigenvalue weighted by atomic mass is 19.1. The number of hydrogen-bond acceptors (Lipinski definition) is 4. The van der Waals surface area contributed by atoms with E-state index in [-0.39, 0.29) is 30.3 Å². The maximum atomic E-state index is 14.0. The van der Waals surface area contributed by atoms with E-state index in [1.807, 2.05) is 30.3 Å². The van der Waals surface area contributed by atoms with Crippen LogP contribution in [0.5, 0.6) is 5.75 Å². The molecular formula is C32H26F2N2O3. The maximum absolute atomic E-state index is 14.0. The number of fused-ring (bicyclic) bond motifs is 1. The molecule has 5 rings (SSSR count). The Kier molecular flexibility index (Phi) is 7.32. The normalized spacial score (nSPS) is 12.9. The zero-order valence-electron chi connectivity index (χ0n) is 21.2. The van der Waals surface area contributed by atoms with Gasteiger partial charge in [0.25, 0.3) is 0 Å². The van der Waals surface area contributed by atoms with Crippen molar-refractivity contribution < 1.29 is 23.5 Å². The van der Waals surface area contributed by atoms with Crippen LogP contribution < -0.4 is 5.32 Å². The number of benzene rings is 3. The van der Waals surface area contributed by atoms with Crippen molar-refractivity contribution in [2.45, 2.75) is 32.2 Å². The second kappa shape index (κ2) is 11.0. The molecule has 5 nitrogen and oxygen atoms in total. The highest BCUT2D eigenvalue weighted by Gasteiger charge is 2.24. The first-order valence-electron chi connectivity index (χ1n) is 12.6. The average molecular weight is 525 g/mol. The minimum atomic E-state index is -0.705. The molecule has 196 valence electrons. The van der Waals surface area contributed by atoms with Crippen LogP contribution in [-0.2, 0) is 17.6 Å². The number of carbonyl (C=O) groups is 2. The molecule has 0 unspecified atom stereocenters. The smallest absolute Gasteiger partial charge is 0.224 e. The number of aromatic nitrogens is 1. The lowest BCUT2D eigenvalue weighted by Gasteiger charge is -2.22. The summed E-state index contributed by atoms with van der Waals surface area (Å²) in [6.07, 6.45) is 4.41. The summed E-state index contributed by atoms with van der Waals surface area (Å²) >= 11 is 0. The molecule has 0 saturated heterocycles. The number of nitrogens with one attached hydrogen (secondary N) is 1. The van der Waals surface area contributed by atoms with Crippen molar-refractivity contribution in [3.8, 4) is 16.9 Å². The Balaban J connectivity index is 1.47. The van der Waals surface area contributed by atoms with Crippen molar-refractivity contribution in [2.75, 3.05) is 0 Å². The van der Waals surface area contributed by atoms with Gasteiger partial charge in [-0.25, -0.2) is 8.78 Å². The van der Waals surface area contributed by atoms with Crippen LogP contribution in [0.4, 0.5) is 8.78 Å². The predicted molar refractivity (Wildman–Crippen MR) is 145 cm³/mol. The molecule has 1 aliphatic rings. The van der Waals surface area contributed by atoms with Crippen LogP contribution in [0.1, 0.15) is 52.1 Å². The summed E-state index contributed by atoms with van der Waals surface area (Å²) < 4.78 is 28.1. The van der Waals surface area contributed by atoms with E-state index in [0.717, 1.165) is 33.9 Å². The minimum absolute atomic E-state index is 0.0534. The Labute approximate surface area is 224 Å². The predicted octanol–water partition coefficient (Wildman–Crippen LogP) is 6.36. The van der Waals surface area contributed by atoms with Crippen molar-refractivity contribution >= 4 is 17.3 Å². The number of Topliss-reactive ketones (excluding diaryl/α,β-unsaturated/α-hetero) is 1. The van der Waals surface area contributed by atoms with Gasteiger partial charge in [0, 0.05) is 23.4 Å². The molecule has 1 aromatic heterocycles. The zero-order valence-corrected chi connectivity index (χ0v) is 21.2. The van der Waals surface area contributed by atoms with Gasteiger partial charge in [0.2, 0.25) is 5.91 Å². The molecule has 2 N–H and O–H groups in total. The molecule has 7 heteroatoms. The third-order valence-corrected chi connectivity index (χ3v) is 6.83. The Morgan fingerprint density at radius 2 is 1.72 bits per heavy atom. The molecule has 1 heterocycles. The van der Waals surface area contributed by atoms with E-state index in [1.165, 1.54) is 19.1 Å². The van der Waals surface area contributed by atoms with Crippen LogP contribution in [0.15, 0.2) is 85.1 Å². The number of phenols is 1. The Morgan fingerprint density at radius 1 is 0.974 bits per heavy atom. The van der Waals surface area contributed by atoms with Gasteiger partial charge in [-0.3, -0.25) is 14.6 Å². The Morgan fingerprint density at radius 3 is 2.44 bits per heavy atom. The van der Waals surface area contributed by atoms with Gasteiger partial charge in [-0.2, -0.15) is 0 Å². The van der Waals surface area contributed by atoms with Gasteiger partial charge in [0.05, 0.1) is 18.2 Å². The highest BCUT2D eigenvalue weighted by Crippen LogP contribution is 2.33. The van der Waals surface area contributed by atoms with Crippen molar-refractivity contribution in [2.24, 2.45) is 0 Å². The van der Waals surface area contributed by atoms with Crippen LogP contribution in [0.25, 0.3) is 16.7 Å². The molecule has 1 atom stereocenters. The van der Waals surface area contributed by atoms with Crippen molar-refractivity contribution in [1.82, 2.24) is 10.3 Å². The van der Waals surface area contributed by atoms with E-state index in [9.17, 15) is 23.5 Å². The average Bonchev–Trinajstić information content (AvgIpc) is 3.29. The molecule has 0 fully saturated rings.